The SMILES string of the molecule is CCC(=O)NCc1ccncc1Sc1nc(N)nc(-c2cc(OCC#N)c(Cl)cc2Cl)n1. The number of hydrogen-bond acceptors (Lipinski definition) is 9. The summed E-state index contributed by atoms with van der Waals surface area (Å²) in [4.78, 5) is 29.3. The van der Waals surface area contributed by atoms with Crippen LogP contribution in [0.2, 0.25) is 10.0 Å². The molecule has 3 N–H and O–H groups in total. The van der Waals surface area contributed by atoms with Gasteiger partial charge >= 0.3 is 0 Å². The lowest BCUT2D eigenvalue weighted by Gasteiger charge is -2.11. The van der Waals surface area contributed by atoms with Crippen LogP contribution in [0.25, 0.3) is 11.4 Å². The number of nitriles is 1. The number of amides is 1. The molecular formula is C20H17Cl2N7O2S. The Morgan fingerprint density at radius 2 is 2.09 bits per heavy atom. The highest BCUT2D eigenvalue weighted by Crippen LogP contribution is 2.37. The Hall–Kier alpha value is -3.13. The van der Waals surface area contributed by atoms with Crippen LogP contribution in [-0.2, 0) is 11.3 Å². The summed E-state index contributed by atoms with van der Waals surface area (Å²) in [6, 6.07) is 6.71. The Bertz CT molecular complexity index is 1190. The highest BCUT2D eigenvalue weighted by Gasteiger charge is 2.16. The summed E-state index contributed by atoms with van der Waals surface area (Å²) in [6.07, 6.45) is 3.69. The van der Waals surface area contributed by atoms with E-state index in [4.69, 9.17) is 38.9 Å². The van der Waals surface area contributed by atoms with Gasteiger partial charge in [-0.1, -0.05) is 30.1 Å². The molecule has 1 aromatic carbocycles. The minimum absolute atomic E-state index is 0.00673. The zero-order valence-electron chi connectivity index (χ0n) is 16.8. The molecule has 0 fully saturated rings. The molecule has 0 unspecified atom stereocenters. The van der Waals surface area contributed by atoms with Crippen LogP contribution in [0.15, 0.2) is 40.6 Å². The lowest BCUT2D eigenvalue weighted by molar-refractivity contribution is -0.120. The highest BCUT2D eigenvalue weighted by molar-refractivity contribution is 7.99. The predicted molar refractivity (Wildman–Crippen MR) is 121 cm³/mol. The van der Waals surface area contributed by atoms with E-state index < -0.39 is 0 Å². The quantitative estimate of drug-likeness (QED) is 0.481. The van der Waals surface area contributed by atoms with Crippen LogP contribution in [0.1, 0.15) is 18.9 Å². The molecule has 0 atom stereocenters. The van der Waals surface area contributed by atoms with Crippen molar-refractivity contribution in [2.45, 2.75) is 29.9 Å². The molecule has 2 aromatic heterocycles. The van der Waals surface area contributed by atoms with Crippen LogP contribution in [0.4, 0.5) is 5.95 Å². The third-order valence-corrected chi connectivity index (χ3v) is 5.62. The van der Waals surface area contributed by atoms with E-state index in [9.17, 15) is 4.79 Å². The van der Waals surface area contributed by atoms with Crippen molar-refractivity contribution in [2.75, 3.05) is 12.3 Å². The van der Waals surface area contributed by atoms with Gasteiger partial charge in [0.15, 0.2) is 17.6 Å². The maximum atomic E-state index is 11.6. The first-order chi connectivity index (χ1) is 15.4. The van der Waals surface area contributed by atoms with Gasteiger partial charge in [0.25, 0.3) is 0 Å². The summed E-state index contributed by atoms with van der Waals surface area (Å²) in [5, 5.41) is 12.4. The van der Waals surface area contributed by atoms with Crippen molar-refractivity contribution in [1.29, 1.82) is 5.26 Å². The number of halogens is 2. The zero-order valence-corrected chi connectivity index (χ0v) is 19.1. The summed E-state index contributed by atoms with van der Waals surface area (Å²) in [5.74, 6) is 0.416. The Labute approximate surface area is 198 Å². The third kappa shape index (κ3) is 5.97. The van der Waals surface area contributed by atoms with Crippen LogP contribution >= 0.6 is 35.0 Å². The fraction of sp³-hybridized carbons (Fsp3) is 0.200. The normalized spacial score (nSPS) is 10.4. The molecule has 0 aliphatic rings. The number of ether oxygens (including phenoxy) is 1. The van der Waals surface area contributed by atoms with Gasteiger partial charge in [0.2, 0.25) is 11.9 Å². The topological polar surface area (TPSA) is 140 Å². The molecule has 0 radical (unpaired) electrons. The third-order valence-electron chi connectivity index (χ3n) is 4.06. The highest BCUT2D eigenvalue weighted by atomic mass is 35.5. The Morgan fingerprint density at radius 1 is 1.28 bits per heavy atom. The maximum Gasteiger partial charge on any atom is 0.224 e. The van der Waals surface area contributed by atoms with E-state index in [2.05, 4.69) is 25.3 Å². The van der Waals surface area contributed by atoms with Gasteiger partial charge in [-0.2, -0.15) is 15.2 Å². The van der Waals surface area contributed by atoms with Crippen molar-refractivity contribution in [3.05, 3.63) is 46.2 Å². The van der Waals surface area contributed by atoms with Crippen molar-refractivity contribution >= 4 is 46.8 Å². The molecule has 0 bridgehead atoms. The van der Waals surface area contributed by atoms with E-state index in [-0.39, 0.29) is 40.1 Å². The summed E-state index contributed by atoms with van der Waals surface area (Å²) in [5.41, 5.74) is 7.18. The molecule has 164 valence electrons. The first-order valence-electron chi connectivity index (χ1n) is 9.29. The smallest absolute Gasteiger partial charge is 0.224 e. The van der Waals surface area contributed by atoms with Crippen LogP contribution in [0.3, 0.4) is 0 Å². The lowest BCUT2D eigenvalue weighted by Crippen LogP contribution is -2.21. The molecule has 0 saturated heterocycles. The second kappa shape index (κ2) is 10.9. The number of anilines is 1. The molecule has 3 aromatic rings. The number of hydrogen-bond donors (Lipinski definition) is 2. The molecule has 12 heteroatoms. The fourth-order valence-corrected chi connectivity index (χ4v) is 3.90. The summed E-state index contributed by atoms with van der Waals surface area (Å²) >= 11 is 13.7. The number of nitrogens with two attached hydrogens (primary N) is 1. The Kier molecular flexibility index (Phi) is 8.05. The largest absolute Gasteiger partial charge is 0.477 e. The molecular weight excluding hydrogens is 473 g/mol. The van der Waals surface area contributed by atoms with Gasteiger partial charge in [-0.15, -0.1) is 0 Å². The van der Waals surface area contributed by atoms with Crippen LogP contribution in [0, 0.1) is 11.3 Å². The minimum Gasteiger partial charge on any atom is -0.477 e. The van der Waals surface area contributed by atoms with Gasteiger partial charge in [-0.3, -0.25) is 9.78 Å². The standard InChI is InChI=1S/C20H17Cl2N7O2S/c1-2-17(30)26-9-11-3-5-25-10-16(11)32-20-28-18(27-19(24)29-20)12-7-15(31-6-4-23)14(22)8-13(12)21/h3,5,7-8,10H,2,6,9H2,1H3,(H,26,30)(H2,24,27,28,29). The average molecular weight is 490 g/mol. The molecule has 9 nitrogen and oxygen atoms in total. The number of nitrogen functional groups attached to an aromatic ring is 1. The first-order valence-corrected chi connectivity index (χ1v) is 10.9. The van der Waals surface area contributed by atoms with E-state index in [0.29, 0.717) is 23.7 Å². The maximum absolute atomic E-state index is 11.6. The number of nitrogens with one attached hydrogen (secondary N) is 1. The van der Waals surface area contributed by atoms with Gasteiger partial charge < -0.3 is 15.8 Å². The molecule has 2 heterocycles. The van der Waals surface area contributed by atoms with E-state index in [1.165, 1.54) is 17.8 Å². The molecule has 0 saturated carbocycles. The number of aromatic nitrogens is 4. The number of rotatable bonds is 8. The minimum atomic E-state index is -0.181. The number of nitrogens with zero attached hydrogens (tertiary/aromatic N) is 5. The monoisotopic (exact) mass is 489 g/mol. The molecule has 0 aliphatic heterocycles. The average Bonchev–Trinajstić information content (AvgIpc) is 2.77. The van der Waals surface area contributed by atoms with Gasteiger partial charge in [0.1, 0.15) is 11.8 Å². The van der Waals surface area contributed by atoms with Crippen molar-refractivity contribution in [1.82, 2.24) is 25.3 Å². The molecule has 0 spiro atoms. The van der Waals surface area contributed by atoms with Gasteiger partial charge in [-0.05, 0) is 35.5 Å². The van der Waals surface area contributed by atoms with Gasteiger partial charge in [0.05, 0.1) is 10.0 Å². The Morgan fingerprint density at radius 3 is 2.84 bits per heavy atom. The summed E-state index contributed by atoms with van der Waals surface area (Å²) in [7, 11) is 0. The zero-order chi connectivity index (χ0) is 23.1. The van der Waals surface area contributed by atoms with Crippen molar-refractivity contribution in [2.24, 2.45) is 0 Å². The summed E-state index contributed by atoms with van der Waals surface area (Å²) < 4.78 is 5.33. The summed E-state index contributed by atoms with van der Waals surface area (Å²) in [6.45, 7) is 1.94. The second-order valence-electron chi connectivity index (χ2n) is 6.22. The van der Waals surface area contributed by atoms with Gasteiger partial charge in [0, 0.05) is 35.8 Å². The first kappa shape index (κ1) is 23.5. The van der Waals surface area contributed by atoms with Crippen molar-refractivity contribution in [3.8, 4) is 23.2 Å². The lowest BCUT2D eigenvalue weighted by atomic mass is 10.2. The molecule has 3 rings (SSSR count). The van der Waals surface area contributed by atoms with E-state index in [1.807, 2.05) is 6.07 Å². The van der Waals surface area contributed by atoms with Crippen molar-refractivity contribution in [3.63, 3.8) is 0 Å². The number of carbonyl (C=O) groups excluding carboxylic acids is 1. The fourth-order valence-electron chi connectivity index (χ4n) is 2.52. The van der Waals surface area contributed by atoms with Crippen molar-refractivity contribution < 1.29 is 9.53 Å². The van der Waals surface area contributed by atoms with Crippen LogP contribution in [-0.4, -0.2) is 32.4 Å². The number of carbonyl (C=O) groups is 1. The van der Waals surface area contributed by atoms with Gasteiger partial charge in [-0.25, -0.2) is 4.98 Å². The van der Waals surface area contributed by atoms with E-state index in [1.54, 1.807) is 31.5 Å². The Balaban J connectivity index is 1.93. The van der Waals surface area contributed by atoms with E-state index in [0.717, 1.165) is 10.5 Å². The number of benzene rings is 1. The molecule has 32 heavy (non-hydrogen) atoms. The predicted octanol–water partition coefficient (Wildman–Crippen LogP) is 3.90. The molecule has 1 amide bonds. The van der Waals surface area contributed by atoms with Crippen LogP contribution < -0.4 is 15.8 Å². The second-order valence-corrected chi connectivity index (χ2v) is 8.05. The van der Waals surface area contributed by atoms with Crippen LogP contribution in [0.5, 0.6) is 5.75 Å². The van der Waals surface area contributed by atoms with E-state index >= 15 is 0 Å². The molecule has 0 aliphatic carbocycles. The number of pyridine rings is 1.